The molecule has 1 aliphatic rings. The van der Waals surface area contributed by atoms with Gasteiger partial charge in [-0.1, -0.05) is 54.1 Å². The van der Waals surface area contributed by atoms with Crippen LogP contribution in [0.2, 0.25) is 5.02 Å². The van der Waals surface area contributed by atoms with Crippen molar-refractivity contribution in [3.8, 4) is 22.4 Å². The fourth-order valence-electron chi connectivity index (χ4n) is 4.62. The number of amides is 1. The molecule has 1 saturated heterocycles. The average Bonchev–Trinajstić information content (AvgIpc) is 3.18. The summed E-state index contributed by atoms with van der Waals surface area (Å²) in [5.74, 6) is 0.0497. The molecule has 0 atom stereocenters. The molecule has 4 aromatic rings. The van der Waals surface area contributed by atoms with Gasteiger partial charge in [-0.2, -0.15) is 0 Å². The number of carbonyl (C=O) groups is 1. The van der Waals surface area contributed by atoms with Gasteiger partial charge < -0.3 is 9.72 Å². The van der Waals surface area contributed by atoms with Crippen LogP contribution >= 0.6 is 11.6 Å². The third-order valence-corrected chi connectivity index (χ3v) is 6.56. The van der Waals surface area contributed by atoms with Crippen LogP contribution in [0.1, 0.15) is 25.5 Å². The van der Waals surface area contributed by atoms with E-state index >= 15 is 0 Å². The van der Waals surface area contributed by atoms with E-state index < -0.39 is 0 Å². The smallest absolute Gasteiger partial charge is 0.217 e. The number of nitrogens with one attached hydrogen (secondary N) is 1. The van der Waals surface area contributed by atoms with Gasteiger partial charge in [0.1, 0.15) is 5.65 Å². The molecule has 1 N–H and O–H groups in total. The molecule has 0 spiro atoms. The molecule has 2 aromatic carbocycles. The Morgan fingerprint density at radius 1 is 0.970 bits per heavy atom. The Bertz CT molecular complexity index is 1260. The lowest BCUT2D eigenvalue weighted by atomic mass is 10.0. The van der Waals surface area contributed by atoms with Crippen molar-refractivity contribution in [2.45, 2.75) is 32.4 Å². The number of hydrogen-bond donors (Lipinski definition) is 1. The fourth-order valence-corrected chi connectivity index (χ4v) is 4.75. The highest BCUT2D eigenvalue weighted by atomic mass is 35.5. The van der Waals surface area contributed by atoms with Crippen molar-refractivity contribution in [1.82, 2.24) is 19.6 Å². The van der Waals surface area contributed by atoms with E-state index in [0.29, 0.717) is 0 Å². The molecule has 0 unspecified atom stereocenters. The van der Waals surface area contributed by atoms with Crippen molar-refractivity contribution in [2.24, 2.45) is 0 Å². The Labute approximate surface area is 199 Å². The minimum atomic E-state index is 0.0497. The summed E-state index contributed by atoms with van der Waals surface area (Å²) in [5.41, 5.74) is 6.50. The Hall–Kier alpha value is -3.15. The standard InChI is InChI=1S/C27H27ClN4O/c1-19(33)29-24-13-15-31(16-14-24)18-25-27(21-7-10-23(28)11-8-21)30-26-12-9-22(17-32(25)26)20-5-3-2-4-6-20/h2-12,17,24H,13-16,18H2,1H3,(H,29,33). The predicted octanol–water partition coefficient (Wildman–Crippen LogP) is 5.42. The zero-order chi connectivity index (χ0) is 22.8. The Morgan fingerprint density at radius 3 is 2.36 bits per heavy atom. The van der Waals surface area contributed by atoms with E-state index in [0.717, 1.165) is 60.0 Å². The first-order valence-corrected chi connectivity index (χ1v) is 11.8. The largest absolute Gasteiger partial charge is 0.354 e. The van der Waals surface area contributed by atoms with Gasteiger partial charge in [0.15, 0.2) is 0 Å². The second-order valence-electron chi connectivity index (χ2n) is 8.68. The Kier molecular flexibility index (Phi) is 6.16. The third kappa shape index (κ3) is 4.80. The highest BCUT2D eigenvalue weighted by Gasteiger charge is 2.23. The zero-order valence-corrected chi connectivity index (χ0v) is 19.4. The van der Waals surface area contributed by atoms with E-state index in [-0.39, 0.29) is 11.9 Å². The highest BCUT2D eigenvalue weighted by molar-refractivity contribution is 6.30. The first-order chi connectivity index (χ1) is 16.1. The number of rotatable bonds is 5. The maximum Gasteiger partial charge on any atom is 0.217 e. The molecule has 0 radical (unpaired) electrons. The molecule has 0 aliphatic carbocycles. The molecule has 3 heterocycles. The number of imidazole rings is 1. The molecule has 2 aromatic heterocycles. The summed E-state index contributed by atoms with van der Waals surface area (Å²) in [6, 6.07) is 22.8. The maximum absolute atomic E-state index is 11.4. The molecule has 5 rings (SSSR count). The number of aromatic nitrogens is 2. The molecule has 1 amide bonds. The van der Waals surface area contributed by atoms with Crippen LogP contribution in [-0.2, 0) is 11.3 Å². The monoisotopic (exact) mass is 458 g/mol. The quantitative estimate of drug-likeness (QED) is 0.434. The first-order valence-electron chi connectivity index (χ1n) is 11.4. The van der Waals surface area contributed by atoms with Gasteiger partial charge in [0.25, 0.3) is 0 Å². The SMILES string of the molecule is CC(=O)NC1CCN(Cc2c(-c3ccc(Cl)cc3)nc3ccc(-c4ccccc4)cn23)CC1. The van der Waals surface area contributed by atoms with Crippen LogP contribution in [0.4, 0.5) is 0 Å². The van der Waals surface area contributed by atoms with Crippen LogP contribution in [0.25, 0.3) is 28.0 Å². The van der Waals surface area contributed by atoms with E-state index in [1.54, 1.807) is 6.92 Å². The zero-order valence-electron chi connectivity index (χ0n) is 18.7. The van der Waals surface area contributed by atoms with Gasteiger partial charge in [-0.05, 0) is 48.2 Å². The third-order valence-electron chi connectivity index (χ3n) is 6.31. The maximum atomic E-state index is 11.4. The van der Waals surface area contributed by atoms with Gasteiger partial charge in [-0.3, -0.25) is 9.69 Å². The highest BCUT2D eigenvalue weighted by Crippen LogP contribution is 2.30. The summed E-state index contributed by atoms with van der Waals surface area (Å²) in [4.78, 5) is 18.9. The molecule has 1 fully saturated rings. The second-order valence-corrected chi connectivity index (χ2v) is 9.11. The number of benzene rings is 2. The Morgan fingerprint density at radius 2 is 1.67 bits per heavy atom. The van der Waals surface area contributed by atoms with Gasteiger partial charge in [0.05, 0.1) is 11.4 Å². The summed E-state index contributed by atoms with van der Waals surface area (Å²) in [6.07, 6.45) is 4.11. The van der Waals surface area contributed by atoms with Crippen LogP contribution in [0, 0.1) is 0 Å². The summed E-state index contributed by atoms with van der Waals surface area (Å²) in [5, 5.41) is 3.78. The normalized spacial score (nSPS) is 15.1. The number of halogens is 1. The molecule has 6 heteroatoms. The van der Waals surface area contributed by atoms with Crippen LogP contribution in [0.3, 0.4) is 0 Å². The number of carbonyl (C=O) groups excluding carboxylic acids is 1. The van der Waals surface area contributed by atoms with Crippen LogP contribution in [0.5, 0.6) is 0 Å². The minimum absolute atomic E-state index is 0.0497. The number of piperidine rings is 1. The van der Waals surface area contributed by atoms with Crippen molar-refractivity contribution < 1.29 is 4.79 Å². The summed E-state index contributed by atoms with van der Waals surface area (Å²) >= 11 is 6.15. The number of fused-ring (bicyclic) bond motifs is 1. The van der Waals surface area contributed by atoms with Crippen molar-refractivity contribution in [2.75, 3.05) is 13.1 Å². The van der Waals surface area contributed by atoms with Crippen LogP contribution in [-0.4, -0.2) is 39.3 Å². The van der Waals surface area contributed by atoms with Crippen molar-refractivity contribution in [3.63, 3.8) is 0 Å². The first kappa shape index (κ1) is 21.7. The van der Waals surface area contributed by atoms with E-state index in [2.05, 4.69) is 57.2 Å². The van der Waals surface area contributed by atoms with E-state index in [1.807, 2.05) is 30.3 Å². The van der Waals surface area contributed by atoms with Crippen molar-refractivity contribution >= 4 is 23.2 Å². The number of hydrogen-bond acceptors (Lipinski definition) is 3. The molecule has 5 nitrogen and oxygen atoms in total. The summed E-state index contributed by atoms with van der Waals surface area (Å²) in [6.45, 7) is 4.27. The molecule has 168 valence electrons. The average molecular weight is 459 g/mol. The summed E-state index contributed by atoms with van der Waals surface area (Å²) < 4.78 is 2.23. The van der Waals surface area contributed by atoms with Crippen LogP contribution in [0.15, 0.2) is 72.9 Å². The molecule has 0 saturated carbocycles. The minimum Gasteiger partial charge on any atom is -0.354 e. The number of pyridine rings is 1. The molecular formula is C27H27ClN4O. The lowest BCUT2D eigenvalue weighted by Crippen LogP contribution is -2.43. The molecular weight excluding hydrogens is 432 g/mol. The van der Waals surface area contributed by atoms with Gasteiger partial charge in [-0.15, -0.1) is 0 Å². The second kappa shape index (κ2) is 9.38. The van der Waals surface area contributed by atoms with Gasteiger partial charge >= 0.3 is 0 Å². The van der Waals surface area contributed by atoms with E-state index in [9.17, 15) is 4.79 Å². The van der Waals surface area contributed by atoms with Gasteiger partial charge in [0, 0.05) is 49.4 Å². The van der Waals surface area contributed by atoms with Crippen LogP contribution < -0.4 is 5.32 Å². The predicted molar refractivity (Wildman–Crippen MR) is 133 cm³/mol. The van der Waals surface area contributed by atoms with Crippen molar-refractivity contribution in [1.29, 1.82) is 0 Å². The summed E-state index contributed by atoms with van der Waals surface area (Å²) in [7, 11) is 0. The molecule has 33 heavy (non-hydrogen) atoms. The number of nitrogens with zero attached hydrogens (tertiary/aromatic N) is 3. The van der Waals surface area contributed by atoms with Crippen molar-refractivity contribution in [3.05, 3.63) is 83.6 Å². The lowest BCUT2D eigenvalue weighted by Gasteiger charge is -2.32. The molecule has 0 bridgehead atoms. The number of likely N-dealkylation sites (tertiary alicyclic amines) is 1. The van der Waals surface area contributed by atoms with E-state index in [1.165, 1.54) is 11.3 Å². The Balaban J connectivity index is 1.51. The van der Waals surface area contributed by atoms with Gasteiger partial charge in [-0.25, -0.2) is 4.98 Å². The fraction of sp³-hybridized carbons (Fsp3) is 0.259. The molecule has 1 aliphatic heterocycles. The van der Waals surface area contributed by atoms with E-state index in [4.69, 9.17) is 16.6 Å². The van der Waals surface area contributed by atoms with Gasteiger partial charge in [0.2, 0.25) is 5.91 Å². The topological polar surface area (TPSA) is 49.6 Å². The lowest BCUT2D eigenvalue weighted by molar-refractivity contribution is -0.119.